The highest BCUT2D eigenvalue weighted by molar-refractivity contribution is 5.99. The number of rotatable bonds is 3. The Morgan fingerprint density at radius 3 is 2.58 bits per heavy atom. The van der Waals surface area contributed by atoms with E-state index in [0.717, 1.165) is 12.3 Å². The van der Waals surface area contributed by atoms with E-state index in [4.69, 9.17) is 5.73 Å². The molecule has 7 nitrogen and oxygen atoms in total. The van der Waals surface area contributed by atoms with Gasteiger partial charge in [0.25, 0.3) is 11.6 Å². The zero-order valence-corrected chi connectivity index (χ0v) is 11.4. The smallest absolute Gasteiger partial charge is 0.288 e. The first-order valence-electron chi connectivity index (χ1n) is 5.83. The van der Waals surface area contributed by atoms with Gasteiger partial charge >= 0.3 is 0 Å². The number of nitrogens with two attached hydrogens (primary N) is 1. The molecule has 1 aromatic heterocycles. The van der Waals surface area contributed by atoms with Crippen LogP contribution in [0.2, 0.25) is 0 Å². The molecule has 1 rings (SSSR count). The first-order valence-corrected chi connectivity index (χ1v) is 5.83. The average molecular weight is 266 g/mol. The molecule has 1 atom stereocenters. The number of anilines is 1. The standard InChI is InChI=1S/C12H18N4O3/c1-7(12(2,3)4)15-11(17)9-5-8(16(18)19)6-14-10(9)13/h5-7H,1-4H3,(H2,13,14)(H,15,17). The first-order chi connectivity index (χ1) is 8.62. The Kier molecular flexibility index (Phi) is 4.08. The summed E-state index contributed by atoms with van der Waals surface area (Å²) in [6.45, 7) is 7.80. The normalized spacial score (nSPS) is 12.8. The number of nitrogen functional groups attached to an aromatic ring is 1. The third kappa shape index (κ3) is 3.64. The van der Waals surface area contributed by atoms with Crippen LogP contribution in [-0.4, -0.2) is 21.9 Å². The van der Waals surface area contributed by atoms with Gasteiger partial charge in [0.1, 0.15) is 12.0 Å². The van der Waals surface area contributed by atoms with E-state index in [1.807, 2.05) is 27.7 Å². The van der Waals surface area contributed by atoms with Crippen molar-refractivity contribution in [2.24, 2.45) is 5.41 Å². The van der Waals surface area contributed by atoms with E-state index in [2.05, 4.69) is 10.3 Å². The molecule has 1 aromatic rings. The molecule has 19 heavy (non-hydrogen) atoms. The maximum atomic E-state index is 12.0. The topological polar surface area (TPSA) is 111 Å². The van der Waals surface area contributed by atoms with Gasteiger partial charge in [-0.1, -0.05) is 20.8 Å². The maximum Gasteiger partial charge on any atom is 0.288 e. The first kappa shape index (κ1) is 14.9. The van der Waals surface area contributed by atoms with Crippen LogP contribution in [0.5, 0.6) is 0 Å². The molecule has 0 saturated carbocycles. The minimum absolute atomic E-state index is 0.0188. The van der Waals surface area contributed by atoms with E-state index in [-0.39, 0.29) is 28.5 Å². The molecule has 0 aromatic carbocycles. The van der Waals surface area contributed by atoms with Crippen molar-refractivity contribution in [3.8, 4) is 0 Å². The van der Waals surface area contributed by atoms with Crippen LogP contribution in [0.1, 0.15) is 38.1 Å². The molecule has 3 N–H and O–H groups in total. The minimum atomic E-state index is -0.615. The second kappa shape index (κ2) is 5.21. The number of nitrogens with one attached hydrogen (secondary N) is 1. The molecule has 0 spiro atoms. The molecule has 0 aliphatic heterocycles. The minimum Gasteiger partial charge on any atom is -0.383 e. The fraction of sp³-hybridized carbons (Fsp3) is 0.500. The largest absolute Gasteiger partial charge is 0.383 e. The summed E-state index contributed by atoms with van der Waals surface area (Å²) in [5.41, 5.74) is 5.21. The van der Waals surface area contributed by atoms with Gasteiger partial charge in [-0.15, -0.1) is 0 Å². The van der Waals surface area contributed by atoms with Gasteiger partial charge in [0, 0.05) is 12.1 Å². The van der Waals surface area contributed by atoms with Gasteiger partial charge in [0.05, 0.1) is 10.5 Å². The summed E-state index contributed by atoms with van der Waals surface area (Å²) in [4.78, 5) is 25.8. The molecular formula is C12H18N4O3. The van der Waals surface area contributed by atoms with Gasteiger partial charge in [-0.2, -0.15) is 0 Å². The monoisotopic (exact) mass is 266 g/mol. The highest BCUT2D eigenvalue weighted by Crippen LogP contribution is 2.21. The third-order valence-electron chi connectivity index (χ3n) is 3.01. The highest BCUT2D eigenvalue weighted by atomic mass is 16.6. The summed E-state index contributed by atoms with van der Waals surface area (Å²) in [7, 11) is 0. The lowest BCUT2D eigenvalue weighted by Gasteiger charge is -2.28. The summed E-state index contributed by atoms with van der Waals surface area (Å²) in [6.07, 6.45) is 1.03. The molecule has 0 bridgehead atoms. The number of hydrogen-bond acceptors (Lipinski definition) is 5. The molecule has 0 aliphatic carbocycles. The zero-order valence-electron chi connectivity index (χ0n) is 11.4. The second-order valence-corrected chi connectivity index (χ2v) is 5.44. The van der Waals surface area contributed by atoms with E-state index in [1.165, 1.54) is 0 Å². The number of hydrogen-bond donors (Lipinski definition) is 2. The number of carbonyl (C=O) groups excluding carboxylic acids is 1. The Morgan fingerprint density at radius 2 is 2.11 bits per heavy atom. The number of pyridine rings is 1. The maximum absolute atomic E-state index is 12.0. The van der Waals surface area contributed by atoms with Crippen molar-refractivity contribution in [3.05, 3.63) is 27.9 Å². The van der Waals surface area contributed by atoms with Gasteiger partial charge in [-0.25, -0.2) is 4.98 Å². The van der Waals surface area contributed by atoms with Gasteiger partial charge in [0.15, 0.2) is 0 Å². The Labute approximate surface area is 111 Å². The van der Waals surface area contributed by atoms with Crippen molar-refractivity contribution in [1.82, 2.24) is 10.3 Å². The van der Waals surface area contributed by atoms with Crippen LogP contribution in [0.15, 0.2) is 12.3 Å². The van der Waals surface area contributed by atoms with Crippen LogP contribution >= 0.6 is 0 Å². The van der Waals surface area contributed by atoms with Crippen LogP contribution in [0, 0.1) is 15.5 Å². The lowest BCUT2D eigenvalue weighted by Crippen LogP contribution is -2.41. The Bertz CT molecular complexity index is 508. The highest BCUT2D eigenvalue weighted by Gasteiger charge is 2.24. The summed E-state index contributed by atoms with van der Waals surface area (Å²) >= 11 is 0. The van der Waals surface area contributed by atoms with Gasteiger partial charge in [-0.3, -0.25) is 14.9 Å². The van der Waals surface area contributed by atoms with E-state index in [1.54, 1.807) is 0 Å². The van der Waals surface area contributed by atoms with Crippen molar-refractivity contribution >= 4 is 17.4 Å². The van der Waals surface area contributed by atoms with Gasteiger partial charge < -0.3 is 11.1 Å². The number of nitrogens with zero attached hydrogens (tertiary/aromatic N) is 2. The van der Waals surface area contributed by atoms with Crippen LogP contribution in [-0.2, 0) is 0 Å². The molecular weight excluding hydrogens is 248 g/mol. The lowest BCUT2D eigenvalue weighted by molar-refractivity contribution is -0.385. The molecule has 1 amide bonds. The van der Waals surface area contributed by atoms with Gasteiger partial charge in [-0.05, 0) is 12.3 Å². The molecule has 1 heterocycles. The molecule has 0 radical (unpaired) electrons. The van der Waals surface area contributed by atoms with E-state index in [0.29, 0.717) is 0 Å². The van der Waals surface area contributed by atoms with Crippen LogP contribution in [0.4, 0.5) is 11.5 Å². The fourth-order valence-corrected chi connectivity index (χ4v) is 1.24. The molecule has 0 saturated heterocycles. The zero-order chi connectivity index (χ0) is 14.8. The van der Waals surface area contributed by atoms with E-state index >= 15 is 0 Å². The van der Waals surface area contributed by atoms with Crippen LogP contribution in [0.25, 0.3) is 0 Å². The number of nitro groups is 1. The number of carbonyl (C=O) groups is 1. The summed E-state index contributed by atoms with van der Waals surface area (Å²) in [6, 6.07) is 1.02. The molecule has 1 unspecified atom stereocenters. The Balaban J connectivity index is 3.00. The number of aromatic nitrogens is 1. The summed E-state index contributed by atoms with van der Waals surface area (Å²) in [5, 5.41) is 13.4. The van der Waals surface area contributed by atoms with Crippen molar-refractivity contribution in [3.63, 3.8) is 0 Å². The fourth-order valence-electron chi connectivity index (χ4n) is 1.24. The third-order valence-corrected chi connectivity index (χ3v) is 3.01. The van der Waals surface area contributed by atoms with Crippen molar-refractivity contribution in [2.45, 2.75) is 33.7 Å². The second-order valence-electron chi connectivity index (χ2n) is 5.44. The quantitative estimate of drug-likeness (QED) is 0.639. The van der Waals surface area contributed by atoms with Crippen molar-refractivity contribution in [1.29, 1.82) is 0 Å². The Hall–Kier alpha value is -2.18. The van der Waals surface area contributed by atoms with Crippen LogP contribution in [0.3, 0.4) is 0 Å². The van der Waals surface area contributed by atoms with Crippen molar-refractivity contribution < 1.29 is 9.72 Å². The van der Waals surface area contributed by atoms with E-state index < -0.39 is 10.8 Å². The molecule has 7 heteroatoms. The number of amides is 1. The predicted octanol–water partition coefficient (Wildman–Crippen LogP) is 1.74. The Morgan fingerprint density at radius 1 is 1.53 bits per heavy atom. The SMILES string of the molecule is CC(NC(=O)c1cc([N+](=O)[O-])cnc1N)C(C)(C)C. The predicted molar refractivity (Wildman–Crippen MR) is 71.7 cm³/mol. The molecule has 0 aliphatic rings. The summed E-state index contributed by atoms with van der Waals surface area (Å²) < 4.78 is 0. The summed E-state index contributed by atoms with van der Waals surface area (Å²) in [5.74, 6) is -0.486. The van der Waals surface area contributed by atoms with Crippen molar-refractivity contribution in [2.75, 3.05) is 5.73 Å². The average Bonchev–Trinajstić information content (AvgIpc) is 2.27. The lowest BCUT2D eigenvalue weighted by atomic mass is 9.88. The van der Waals surface area contributed by atoms with Gasteiger partial charge in [0.2, 0.25) is 0 Å². The molecule has 104 valence electrons. The molecule has 0 fully saturated rings. The van der Waals surface area contributed by atoms with E-state index in [9.17, 15) is 14.9 Å². The van der Waals surface area contributed by atoms with Crippen LogP contribution < -0.4 is 11.1 Å².